The molecule has 0 spiro atoms. The molecule has 0 atom stereocenters. The molecular weight excluding hydrogens is 256 g/mol. The number of hydrogen-bond acceptors (Lipinski definition) is 5. The standard InChI is InChI=1S/C15H32N2O3/c1-14(2,3)16-12-15(4-10-20-11-5-15)13-17(6-8-18)7-9-19/h16,18-19H,4-13H2,1-3H3. The van der Waals surface area contributed by atoms with Gasteiger partial charge in [0.2, 0.25) is 0 Å². The van der Waals surface area contributed by atoms with E-state index in [1.807, 2.05) is 0 Å². The van der Waals surface area contributed by atoms with E-state index in [2.05, 4.69) is 31.0 Å². The number of aliphatic hydroxyl groups excluding tert-OH is 2. The molecule has 0 aromatic heterocycles. The average Bonchev–Trinajstić information content (AvgIpc) is 2.38. The molecule has 0 bridgehead atoms. The highest BCUT2D eigenvalue weighted by molar-refractivity contribution is 4.89. The quantitative estimate of drug-likeness (QED) is 0.605. The SMILES string of the molecule is CC(C)(C)NCC1(CN(CCO)CCO)CCOCC1. The predicted molar refractivity (Wildman–Crippen MR) is 80.9 cm³/mol. The van der Waals surface area contributed by atoms with Crippen LogP contribution in [0.1, 0.15) is 33.6 Å². The largest absolute Gasteiger partial charge is 0.395 e. The van der Waals surface area contributed by atoms with Gasteiger partial charge in [0.15, 0.2) is 0 Å². The van der Waals surface area contributed by atoms with E-state index in [1.54, 1.807) is 0 Å². The van der Waals surface area contributed by atoms with E-state index >= 15 is 0 Å². The van der Waals surface area contributed by atoms with Gasteiger partial charge in [-0.05, 0) is 39.0 Å². The van der Waals surface area contributed by atoms with Crippen molar-refractivity contribution in [3.05, 3.63) is 0 Å². The zero-order chi connectivity index (χ0) is 15.1. The average molecular weight is 288 g/mol. The van der Waals surface area contributed by atoms with Crippen LogP contribution in [0.4, 0.5) is 0 Å². The maximum Gasteiger partial charge on any atom is 0.0558 e. The van der Waals surface area contributed by atoms with E-state index in [9.17, 15) is 10.2 Å². The maximum atomic E-state index is 9.17. The molecular formula is C15H32N2O3. The molecule has 20 heavy (non-hydrogen) atoms. The van der Waals surface area contributed by atoms with Crippen molar-refractivity contribution >= 4 is 0 Å². The van der Waals surface area contributed by atoms with Crippen molar-refractivity contribution < 1.29 is 14.9 Å². The van der Waals surface area contributed by atoms with E-state index in [-0.39, 0.29) is 24.2 Å². The summed E-state index contributed by atoms with van der Waals surface area (Å²) in [5.74, 6) is 0. The first-order valence-corrected chi connectivity index (χ1v) is 7.68. The summed E-state index contributed by atoms with van der Waals surface area (Å²) in [5, 5.41) is 22.0. The summed E-state index contributed by atoms with van der Waals surface area (Å²) in [6.45, 7) is 11.5. The fraction of sp³-hybridized carbons (Fsp3) is 1.00. The normalized spacial score (nSPS) is 19.5. The number of aliphatic hydroxyl groups is 2. The Morgan fingerprint density at radius 1 is 1.10 bits per heavy atom. The van der Waals surface area contributed by atoms with Crippen LogP contribution >= 0.6 is 0 Å². The molecule has 0 aliphatic carbocycles. The summed E-state index contributed by atoms with van der Waals surface area (Å²) < 4.78 is 5.51. The lowest BCUT2D eigenvalue weighted by Gasteiger charge is -2.42. The first-order chi connectivity index (χ1) is 9.41. The molecule has 1 aliphatic heterocycles. The van der Waals surface area contributed by atoms with Gasteiger partial charge in [-0.15, -0.1) is 0 Å². The minimum absolute atomic E-state index is 0.101. The van der Waals surface area contributed by atoms with Crippen molar-refractivity contribution in [3.8, 4) is 0 Å². The van der Waals surface area contributed by atoms with Crippen LogP contribution in [-0.4, -0.2) is 73.3 Å². The second kappa shape index (κ2) is 8.29. The third-order valence-corrected chi connectivity index (χ3v) is 3.94. The smallest absolute Gasteiger partial charge is 0.0558 e. The van der Waals surface area contributed by atoms with Crippen LogP contribution in [0, 0.1) is 5.41 Å². The molecule has 1 fully saturated rings. The Balaban J connectivity index is 2.65. The Bertz CT molecular complexity index is 254. The van der Waals surface area contributed by atoms with Crippen LogP contribution in [-0.2, 0) is 4.74 Å². The second-order valence-corrected chi connectivity index (χ2v) is 6.94. The van der Waals surface area contributed by atoms with Gasteiger partial charge in [-0.3, -0.25) is 4.90 Å². The summed E-state index contributed by atoms with van der Waals surface area (Å²) in [7, 11) is 0. The minimum atomic E-state index is 0.101. The number of nitrogens with one attached hydrogen (secondary N) is 1. The summed E-state index contributed by atoms with van der Waals surface area (Å²) >= 11 is 0. The molecule has 0 aromatic carbocycles. The molecule has 5 nitrogen and oxygen atoms in total. The van der Waals surface area contributed by atoms with Gasteiger partial charge in [-0.2, -0.15) is 0 Å². The van der Waals surface area contributed by atoms with E-state index < -0.39 is 0 Å². The van der Waals surface area contributed by atoms with E-state index in [0.717, 1.165) is 39.1 Å². The Morgan fingerprint density at radius 3 is 2.10 bits per heavy atom. The molecule has 120 valence electrons. The molecule has 0 saturated carbocycles. The van der Waals surface area contributed by atoms with Gasteiger partial charge in [0.1, 0.15) is 0 Å². The molecule has 3 N–H and O–H groups in total. The van der Waals surface area contributed by atoms with Crippen LogP contribution in [0.5, 0.6) is 0 Å². The minimum Gasteiger partial charge on any atom is -0.395 e. The van der Waals surface area contributed by atoms with Gasteiger partial charge in [0, 0.05) is 44.9 Å². The van der Waals surface area contributed by atoms with Crippen molar-refractivity contribution in [3.63, 3.8) is 0 Å². The Hall–Kier alpha value is -0.200. The zero-order valence-corrected chi connectivity index (χ0v) is 13.3. The predicted octanol–water partition coefficient (Wildman–Crippen LogP) is 0.458. The monoisotopic (exact) mass is 288 g/mol. The van der Waals surface area contributed by atoms with Gasteiger partial charge >= 0.3 is 0 Å². The van der Waals surface area contributed by atoms with Crippen molar-refractivity contribution in [1.82, 2.24) is 10.2 Å². The second-order valence-electron chi connectivity index (χ2n) is 6.94. The van der Waals surface area contributed by atoms with Crippen molar-refractivity contribution in [2.75, 3.05) is 52.6 Å². The van der Waals surface area contributed by atoms with Crippen LogP contribution < -0.4 is 5.32 Å². The molecule has 1 saturated heterocycles. The topological polar surface area (TPSA) is 65.0 Å². The van der Waals surface area contributed by atoms with E-state index in [1.165, 1.54) is 0 Å². The van der Waals surface area contributed by atoms with Crippen molar-refractivity contribution in [2.45, 2.75) is 39.2 Å². The van der Waals surface area contributed by atoms with Gasteiger partial charge in [-0.1, -0.05) is 0 Å². The molecule has 1 rings (SSSR count). The Labute approximate surface area is 123 Å². The molecule has 1 heterocycles. The maximum absolute atomic E-state index is 9.17. The highest BCUT2D eigenvalue weighted by Crippen LogP contribution is 2.31. The van der Waals surface area contributed by atoms with Gasteiger partial charge < -0.3 is 20.3 Å². The van der Waals surface area contributed by atoms with E-state index in [0.29, 0.717) is 13.1 Å². The van der Waals surface area contributed by atoms with Crippen molar-refractivity contribution in [1.29, 1.82) is 0 Å². The zero-order valence-electron chi connectivity index (χ0n) is 13.3. The lowest BCUT2D eigenvalue weighted by atomic mass is 9.79. The first-order valence-electron chi connectivity index (χ1n) is 7.68. The lowest BCUT2D eigenvalue weighted by Crippen LogP contribution is -2.51. The highest BCUT2D eigenvalue weighted by atomic mass is 16.5. The molecule has 5 heteroatoms. The highest BCUT2D eigenvalue weighted by Gasteiger charge is 2.35. The summed E-state index contributed by atoms with van der Waals surface area (Å²) in [6.07, 6.45) is 2.06. The number of rotatable bonds is 8. The van der Waals surface area contributed by atoms with Crippen LogP contribution in [0.2, 0.25) is 0 Å². The first kappa shape index (κ1) is 17.9. The fourth-order valence-electron chi connectivity index (χ4n) is 2.67. The third-order valence-electron chi connectivity index (χ3n) is 3.94. The van der Waals surface area contributed by atoms with Gasteiger partial charge in [-0.25, -0.2) is 0 Å². The number of hydrogen-bond donors (Lipinski definition) is 3. The van der Waals surface area contributed by atoms with Crippen molar-refractivity contribution in [2.24, 2.45) is 5.41 Å². The Morgan fingerprint density at radius 2 is 1.65 bits per heavy atom. The Kier molecular flexibility index (Phi) is 7.40. The fourth-order valence-corrected chi connectivity index (χ4v) is 2.67. The summed E-state index contributed by atoms with van der Waals surface area (Å²) in [5.41, 5.74) is 0.278. The summed E-state index contributed by atoms with van der Waals surface area (Å²) in [6, 6.07) is 0. The van der Waals surface area contributed by atoms with E-state index in [4.69, 9.17) is 4.74 Å². The summed E-state index contributed by atoms with van der Waals surface area (Å²) in [4.78, 5) is 2.16. The van der Waals surface area contributed by atoms with Gasteiger partial charge in [0.25, 0.3) is 0 Å². The van der Waals surface area contributed by atoms with Crippen LogP contribution in [0.3, 0.4) is 0 Å². The van der Waals surface area contributed by atoms with Crippen LogP contribution in [0.25, 0.3) is 0 Å². The molecule has 0 radical (unpaired) electrons. The number of nitrogens with zero attached hydrogens (tertiary/aromatic N) is 1. The molecule has 0 unspecified atom stereocenters. The molecule has 0 aromatic rings. The lowest BCUT2D eigenvalue weighted by molar-refractivity contribution is -0.0113. The van der Waals surface area contributed by atoms with Gasteiger partial charge in [0.05, 0.1) is 13.2 Å². The number of ether oxygens (including phenoxy) is 1. The third kappa shape index (κ3) is 6.50. The molecule has 1 aliphatic rings. The molecule has 0 amide bonds. The van der Waals surface area contributed by atoms with Crippen LogP contribution in [0.15, 0.2) is 0 Å².